The van der Waals surface area contributed by atoms with Crippen molar-refractivity contribution in [3.8, 4) is 11.3 Å². The molecule has 0 amide bonds. The van der Waals surface area contributed by atoms with Gasteiger partial charge in [-0.1, -0.05) is 42.5 Å². The first-order chi connectivity index (χ1) is 8.36. The minimum atomic E-state index is 0.0390. The molecule has 0 atom stereocenters. The van der Waals surface area contributed by atoms with Crippen LogP contribution in [0.4, 0.5) is 0 Å². The van der Waals surface area contributed by atoms with Gasteiger partial charge in [0.1, 0.15) is 11.3 Å². The van der Waals surface area contributed by atoms with E-state index in [1.807, 2.05) is 54.6 Å². The Morgan fingerprint density at radius 3 is 2.53 bits per heavy atom. The van der Waals surface area contributed by atoms with Gasteiger partial charge in [0.2, 0.25) is 0 Å². The molecule has 1 heterocycles. The second-order valence-corrected chi connectivity index (χ2v) is 4.01. The van der Waals surface area contributed by atoms with Gasteiger partial charge < -0.3 is 9.52 Å². The van der Waals surface area contributed by atoms with Gasteiger partial charge in [0.05, 0.1) is 6.61 Å². The Hall–Kier alpha value is -2.06. The quantitative estimate of drug-likeness (QED) is 0.721. The lowest BCUT2D eigenvalue weighted by atomic mass is 10.1. The molecule has 17 heavy (non-hydrogen) atoms. The molecule has 3 rings (SSSR count). The van der Waals surface area contributed by atoms with E-state index in [9.17, 15) is 0 Å². The number of aliphatic hydroxyl groups excluding tert-OH is 1. The van der Waals surface area contributed by atoms with Crippen LogP contribution in [-0.2, 0) is 6.61 Å². The predicted molar refractivity (Wildman–Crippen MR) is 67.6 cm³/mol. The van der Waals surface area contributed by atoms with Crippen molar-refractivity contribution in [2.75, 3.05) is 0 Å². The van der Waals surface area contributed by atoms with E-state index in [1.165, 1.54) is 0 Å². The van der Waals surface area contributed by atoms with Gasteiger partial charge in [-0.2, -0.15) is 0 Å². The summed E-state index contributed by atoms with van der Waals surface area (Å²) in [7, 11) is 0. The Kier molecular flexibility index (Phi) is 2.42. The zero-order valence-corrected chi connectivity index (χ0v) is 9.26. The average molecular weight is 224 g/mol. The standard InChI is InChI=1S/C15H12O2/c16-10-11-6-7-13-9-15(17-14(13)8-11)12-4-2-1-3-5-12/h1-9,16H,10H2. The van der Waals surface area contributed by atoms with E-state index < -0.39 is 0 Å². The van der Waals surface area contributed by atoms with E-state index >= 15 is 0 Å². The number of hydrogen-bond acceptors (Lipinski definition) is 2. The highest BCUT2D eigenvalue weighted by molar-refractivity contribution is 5.83. The molecule has 0 fully saturated rings. The second-order valence-electron chi connectivity index (χ2n) is 4.01. The number of furan rings is 1. The molecule has 2 aromatic carbocycles. The van der Waals surface area contributed by atoms with E-state index in [2.05, 4.69) is 0 Å². The fraction of sp³-hybridized carbons (Fsp3) is 0.0667. The van der Waals surface area contributed by atoms with Crippen molar-refractivity contribution in [3.63, 3.8) is 0 Å². The number of benzene rings is 2. The van der Waals surface area contributed by atoms with Crippen molar-refractivity contribution in [3.05, 3.63) is 60.2 Å². The minimum absolute atomic E-state index is 0.0390. The van der Waals surface area contributed by atoms with Crippen LogP contribution in [0.2, 0.25) is 0 Å². The number of rotatable bonds is 2. The third-order valence-electron chi connectivity index (χ3n) is 2.83. The van der Waals surface area contributed by atoms with E-state index in [4.69, 9.17) is 9.52 Å². The maximum Gasteiger partial charge on any atom is 0.135 e. The highest BCUT2D eigenvalue weighted by Crippen LogP contribution is 2.28. The van der Waals surface area contributed by atoms with Crippen molar-refractivity contribution in [2.45, 2.75) is 6.61 Å². The van der Waals surface area contributed by atoms with E-state index in [1.54, 1.807) is 0 Å². The summed E-state index contributed by atoms with van der Waals surface area (Å²) in [5.41, 5.74) is 2.75. The van der Waals surface area contributed by atoms with Crippen molar-refractivity contribution in [1.82, 2.24) is 0 Å². The first kappa shape index (κ1) is 10.1. The zero-order chi connectivity index (χ0) is 11.7. The van der Waals surface area contributed by atoms with E-state index in [0.717, 1.165) is 27.9 Å². The fourth-order valence-corrected chi connectivity index (χ4v) is 1.92. The van der Waals surface area contributed by atoms with Crippen LogP contribution >= 0.6 is 0 Å². The number of fused-ring (bicyclic) bond motifs is 1. The molecule has 0 spiro atoms. The summed E-state index contributed by atoms with van der Waals surface area (Å²) in [4.78, 5) is 0. The van der Waals surface area contributed by atoms with Gasteiger partial charge in [0.15, 0.2) is 0 Å². The van der Waals surface area contributed by atoms with Crippen molar-refractivity contribution in [1.29, 1.82) is 0 Å². The van der Waals surface area contributed by atoms with Gasteiger partial charge in [-0.25, -0.2) is 0 Å². The van der Waals surface area contributed by atoms with Crippen LogP contribution in [-0.4, -0.2) is 5.11 Å². The SMILES string of the molecule is OCc1ccc2cc(-c3ccccc3)oc2c1. The maximum atomic E-state index is 9.08. The first-order valence-electron chi connectivity index (χ1n) is 5.55. The predicted octanol–water partition coefficient (Wildman–Crippen LogP) is 3.59. The molecular formula is C15H12O2. The molecule has 0 saturated heterocycles. The van der Waals surface area contributed by atoms with E-state index in [-0.39, 0.29) is 6.61 Å². The molecule has 3 aromatic rings. The van der Waals surface area contributed by atoms with Gasteiger partial charge in [0, 0.05) is 10.9 Å². The molecule has 84 valence electrons. The van der Waals surface area contributed by atoms with Gasteiger partial charge >= 0.3 is 0 Å². The molecule has 0 aliphatic rings. The normalized spacial score (nSPS) is 10.9. The topological polar surface area (TPSA) is 33.4 Å². The summed E-state index contributed by atoms with van der Waals surface area (Å²) in [5, 5.41) is 10.1. The second kappa shape index (κ2) is 4.07. The third-order valence-corrected chi connectivity index (χ3v) is 2.83. The maximum absolute atomic E-state index is 9.08. The van der Waals surface area contributed by atoms with Crippen LogP contribution in [0.15, 0.2) is 59.0 Å². The summed E-state index contributed by atoms with van der Waals surface area (Å²) < 4.78 is 5.79. The van der Waals surface area contributed by atoms with Gasteiger partial charge in [0.25, 0.3) is 0 Å². The summed E-state index contributed by atoms with van der Waals surface area (Å²) in [5.74, 6) is 0.857. The van der Waals surface area contributed by atoms with Crippen LogP contribution in [0.1, 0.15) is 5.56 Å². The van der Waals surface area contributed by atoms with Crippen molar-refractivity contribution in [2.24, 2.45) is 0 Å². The molecule has 0 unspecified atom stereocenters. The summed E-state index contributed by atoms with van der Waals surface area (Å²) in [6.07, 6.45) is 0. The molecule has 1 aromatic heterocycles. The van der Waals surface area contributed by atoms with E-state index in [0.29, 0.717) is 0 Å². The highest BCUT2D eigenvalue weighted by Gasteiger charge is 2.05. The van der Waals surface area contributed by atoms with Crippen LogP contribution in [0.3, 0.4) is 0 Å². The zero-order valence-electron chi connectivity index (χ0n) is 9.26. The van der Waals surface area contributed by atoms with Crippen LogP contribution in [0.5, 0.6) is 0 Å². The van der Waals surface area contributed by atoms with Crippen LogP contribution < -0.4 is 0 Å². The monoisotopic (exact) mass is 224 g/mol. The van der Waals surface area contributed by atoms with Crippen molar-refractivity contribution < 1.29 is 9.52 Å². The molecule has 0 bridgehead atoms. The molecule has 0 saturated carbocycles. The molecule has 2 heteroatoms. The van der Waals surface area contributed by atoms with Crippen molar-refractivity contribution >= 4 is 11.0 Å². The lowest BCUT2D eigenvalue weighted by molar-refractivity contribution is 0.282. The Bertz CT molecular complexity index is 638. The molecule has 1 N–H and O–H groups in total. The lowest BCUT2D eigenvalue weighted by Gasteiger charge is -1.94. The van der Waals surface area contributed by atoms with Crippen LogP contribution in [0.25, 0.3) is 22.3 Å². The molecule has 0 aliphatic heterocycles. The first-order valence-corrected chi connectivity index (χ1v) is 5.55. The largest absolute Gasteiger partial charge is 0.456 e. The lowest BCUT2D eigenvalue weighted by Crippen LogP contribution is -1.79. The Morgan fingerprint density at radius 1 is 0.941 bits per heavy atom. The smallest absolute Gasteiger partial charge is 0.135 e. The van der Waals surface area contributed by atoms with Crippen LogP contribution in [0, 0.1) is 0 Å². The summed E-state index contributed by atoms with van der Waals surface area (Å²) >= 11 is 0. The number of hydrogen-bond donors (Lipinski definition) is 1. The molecule has 0 radical (unpaired) electrons. The minimum Gasteiger partial charge on any atom is -0.456 e. The average Bonchev–Trinajstić information content (AvgIpc) is 2.82. The summed E-state index contributed by atoms with van der Waals surface area (Å²) in [6, 6.07) is 17.8. The number of aliphatic hydroxyl groups is 1. The fourth-order valence-electron chi connectivity index (χ4n) is 1.92. The summed E-state index contributed by atoms with van der Waals surface area (Å²) in [6.45, 7) is 0.0390. The third kappa shape index (κ3) is 1.83. The highest BCUT2D eigenvalue weighted by atomic mass is 16.3. The van der Waals surface area contributed by atoms with Gasteiger partial charge in [-0.15, -0.1) is 0 Å². The Balaban J connectivity index is 2.14. The Morgan fingerprint density at radius 2 is 1.76 bits per heavy atom. The molecular weight excluding hydrogens is 212 g/mol. The Labute approximate surface area is 99.1 Å². The molecule has 0 aliphatic carbocycles. The molecule has 2 nitrogen and oxygen atoms in total. The van der Waals surface area contributed by atoms with Gasteiger partial charge in [-0.05, 0) is 17.7 Å². The van der Waals surface area contributed by atoms with Gasteiger partial charge in [-0.3, -0.25) is 0 Å².